The number of rotatable bonds is 5. The molecular formula is C25H21N5O5. The van der Waals surface area contributed by atoms with E-state index in [0.29, 0.717) is 17.5 Å². The average molecular weight is 471 g/mol. The number of nitrogens with one attached hydrogen (secondary N) is 2. The molecule has 10 nitrogen and oxygen atoms in total. The summed E-state index contributed by atoms with van der Waals surface area (Å²) in [5.41, 5.74) is 1.64. The van der Waals surface area contributed by atoms with Crippen molar-refractivity contribution < 1.29 is 24.2 Å². The van der Waals surface area contributed by atoms with Gasteiger partial charge < -0.3 is 20.1 Å². The van der Waals surface area contributed by atoms with Crippen molar-refractivity contribution in [2.45, 2.75) is 24.8 Å². The number of hydrogen-bond donors (Lipinski definition) is 3. The Morgan fingerprint density at radius 3 is 2.77 bits per heavy atom. The second-order valence-corrected chi connectivity index (χ2v) is 8.43. The Hall–Kier alpha value is -4.65. The standard InChI is InChI=1S/C25H21N5O5/c26-12-16(22-27-18-9-3-4-10-19(18)28-22)20(31)14-35-21(32)13-30-23(33)25(29-24(30)34)11-5-7-15-6-1-2-8-17(15)25/h1-4,6,8-10,31H,5,7,11,13-14H2,(H,27,28)(H,29,34)/b20-16+. The largest absolute Gasteiger partial charge is 0.507 e. The van der Waals surface area contributed by atoms with E-state index in [1.54, 1.807) is 24.3 Å². The highest BCUT2D eigenvalue weighted by molar-refractivity contribution is 6.09. The molecule has 1 aliphatic heterocycles. The maximum Gasteiger partial charge on any atom is 0.326 e. The van der Waals surface area contributed by atoms with Crippen LogP contribution in [0.5, 0.6) is 0 Å². The Labute approximate surface area is 199 Å². The predicted octanol–water partition coefficient (Wildman–Crippen LogP) is 2.68. The quantitative estimate of drug-likeness (QED) is 0.224. The molecule has 1 atom stereocenters. The van der Waals surface area contributed by atoms with E-state index < -0.39 is 42.4 Å². The number of carbonyl (C=O) groups excluding carboxylic acids is 3. The highest BCUT2D eigenvalue weighted by Gasteiger charge is 2.54. The molecule has 2 aromatic carbocycles. The molecule has 1 fully saturated rings. The van der Waals surface area contributed by atoms with Gasteiger partial charge in [0.1, 0.15) is 30.3 Å². The third kappa shape index (κ3) is 3.77. The van der Waals surface area contributed by atoms with Gasteiger partial charge in [0.05, 0.1) is 11.0 Å². The van der Waals surface area contributed by atoms with Crippen LogP contribution in [0.1, 0.15) is 29.8 Å². The number of aliphatic hydroxyl groups excluding tert-OH is 1. The number of amides is 3. The number of aryl methyl sites for hydroxylation is 1. The van der Waals surface area contributed by atoms with Crippen LogP contribution in [-0.2, 0) is 26.3 Å². The number of esters is 1. The van der Waals surface area contributed by atoms with Crippen LogP contribution < -0.4 is 5.32 Å². The van der Waals surface area contributed by atoms with Gasteiger partial charge in [-0.2, -0.15) is 5.26 Å². The van der Waals surface area contributed by atoms with Crippen LogP contribution in [0.4, 0.5) is 4.79 Å². The lowest BCUT2D eigenvalue weighted by atomic mass is 9.76. The average Bonchev–Trinajstić information content (AvgIpc) is 3.38. The zero-order chi connectivity index (χ0) is 24.6. The second-order valence-electron chi connectivity index (χ2n) is 8.43. The number of ether oxygens (including phenoxy) is 1. The molecule has 2 aliphatic rings. The van der Waals surface area contributed by atoms with E-state index in [9.17, 15) is 24.8 Å². The summed E-state index contributed by atoms with van der Waals surface area (Å²) in [6, 6.07) is 15.7. The van der Waals surface area contributed by atoms with Crippen LogP contribution in [-0.4, -0.2) is 51.0 Å². The number of allylic oxidation sites excluding steroid dienone is 1. The van der Waals surface area contributed by atoms with Crippen LogP contribution in [0.15, 0.2) is 54.3 Å². The van der Waals surface area contributed by atoms with Gasteiger partial charge in [-0.15, -0.1) is 0 Å². The van der Waals surface area contributed by atoms with Crippen molar-refractivity contribution in [3.63, 3.8) is 0 Å². The first kappa shape index (κ1) is 22.2. The lowest BCUT2D eigenvalue weighted by Crippen LogP contribution is -2.46. The molecule has 35 heavy (non-hydrogen) atoms. The predicted molar refractivity (Wildman–Crippen MR) is 124 cm³/mol. The molecule has 1 spiro atoms. The summed E-state index contributed by atoms with van der Waals surface area (Å²) in [4.78, 5) is 46.4. The van der Waals surface area contributed by atoms with Crippen LogP contribution in [0.2, 0.25) is 0 Å². The Bertz CT molecular complexity index is 1400. The number of carbonyl (C=O) groups is 3. The van der Waals surface area contributed by atoms with Crippen molar-refractivity contribution in [1.82, 2.24) is 20.2 Å². The third-order valence-corrected chi connectivity index (χ3v) is 6.33. The maximum atomic E-state index is 13.3. The minimum atomic E-state index is -1.19. The van der Waals surface area contributed by atoms with Crippen LogP contribution >= 0.6 is 0 Å². The minimum Gasteiger partial charge on any atom is -0.507 e. The molecule has 0 radical (unpaired) electrons. The Morgan fingerprint density at radius 2 is 1.97 bits per heavy atom. The fraction of sp³-hybridized carbons (Fsp3) is 0.240. The van der Waals surface area contributed by atoms with Crippen molar-refractivity contribution in [3.05, 3.63) is 71.2 Å². The Balaban J connectivity index is 1.29. The number of aliphatic hydroxyl groups is 1. The summed E-state index contributed by atoms with van der Waals surface area (Å²) in [5, 5.41) is 22.6. The zero-order valence-electron chi connectivity index (χ0n) is 18.6. The van der Waals surface area contributed by atoms with E-state index in [2.05, 4.69) is 15.3 Å². The van der Waals surface area contributed by atoms with Gasteiger partial charge in [-0.1, -0.05) is 36.4 Å². The fourth-order valence-corrected chi connectivity index (χ4v) is 4.68. The summed E-state index contributed by atoms with van der Waals surface area (Å²) in [5.74, 6) is -1.78. The summed E-state index contributed by atoms with van der Waals surface area (Å²) in [6.45, 7) is -1.23. The van der Waals surface area contributed by atoms with E-state index in [1.807, 2.05) is 30.3 Å². The summed E-state index contributed by atoms with van der Waals surface area (Å²) >= 11 is 0. The van der Waals surface area contributed by atoms with Crippen molar-refractivity contribution >= 4 is 34.5 Å². The van der Waals surface area contributed by atoms with Crippen molar-refractivity contribution in [3.8, 4) is 6.07 Å². The number of aromatic amines is 1. The zero-order valence-corrected chi connectivity index (χ0v) is 18.6. The molecule has 5 rings (SSSR count). The molecule has 0 saturated carbocycles. The molecule has 1 unspecified atom stereocenters. The Kier molecular flexibility index (Phi) is 5.45. The van der Waals surface area contributed by atoms with Crippen LogP contribution in [0.25, 0.3) is 16.6 Å². The molecule has 176 valence electrons. The number of H-pyrrole nitrogens is 1. The van der Waals surface area contributed by atoms with E-state index in [0.717, 1.165) is 28.9 Å². The molecule has 1 saturated heterocycles. The summed E-state index contributed by atoms with van der Waals surface area (Å²) in [6.07, 6.45) is 1.96. The number of fused-ring (bicyclic) bond motifs is 3. The van der Waals surface area contributed by atoms with Crippen molar-refractivity contribution in [2.24, 2.45) is 0 Å². The molecule has 3 amide bonds. The van der Waals surface area contributed by atoms with E-state index in [-0.39, 0.29) is 11.4 Å². The number of para-hydroxylation sites is 2. The van der Waals surface area contributed by atoms with E-state index in [1.165, 1.54) is 0 Å². The maximum absolute atomic E-state index is 13.3. The number of hydrogen-bond acceptors (Lipinski definition) is 7. The highest BCUT2D eigenvalue weighted by atomic mass is 16.5. The first-order valence-electron chi connectivity index (χ1n) is 11.1. The number of benzene rings is 2. The van der Waals surface area contributed by atoms with Gasteiger partial charge in [-0.3, -0.25) is 14.5 Å². The van der Waals surface area contributed by atoms with E-state index in [4.69, 9.17) is 4.74 Å². The van der Waals surface area contributed by atoms with Gasteiger partial charge in [0.15, 0.2) is 11.6 Å². The number of urea groups is 1. The first-order valence-corrected chi connectivity index (χ1v) is 11.1. The highest BCUT2D eigenvalue weighted by Crippen LogP contribution is 2.39. The van der Waals surface area contributed by atoms with Gasteiger partial charge in [-0.25, -0.2) is 9.78 Å². The van der Waals surface area contributed by atoms with Gasteiger partial charge in [-0.05, 0) is 42.5 Å². The monoisotopic (exact) mass is 471 g/mol. The summed E-state index contributed by atoms with van der Waals surface area (Å²) in [7, 11) is 0. The lowest BCUT2D eigenvalue weighted by Gasteiger charge is -2.33. The van der Waals surface area contributed by atoms with E-state index >= 15 is 0 Å². The van der Waals surface area contributed by atoms with Crippen LogP contribution in [0.3, 0.4) is 0 Å². The number of imidazole rings is 1. The second kappa shape index (κ2) is 8.61. The molecule has 2 heterocycles. The molecular weight excluding hydrogens is 450 g/mol. The molecule has 1 aliphatic carbocycles. The van der Waals surface area contributed by atoms with Gasteiger partial charge in [0, 0.05) is 0 Å². The molecule has 1 aromatic heterocycles. The number of nitriles is 1. The molecule has 0 bridgehead atoms. The third-order valence-electron chi connectivity index (χ3n) is 6.33. The molecule has 10 heteroatoms. The lowest BCUT2D eigenvalue weighted by molar-refractivity contribution is -0.147. The number of nitrogens with zero attached hydrogens (tertiary/aromatic N) is 3. The SMILES string of the molecule is N#C/C(=C(\O)COC(=O)CN1C(=O)NC2(CCCc3ccccc32)C1=O)c1nc2ccccc2[nH]1. The smallest absolute Gasteiger partial charge is 0.326 e. The van der Waals surface area contributed by atoms with Crippen molar-refractivity contribution in [2.75, 3.05) is 13.2 Å². The van der Waals surface area contributed by atoms with Gasteiger partial charge in [0.2, 0.25) is 0 Å². The van der Waals surface area contributed by atoms with Gasteiger partial charge >= 0.3 is 12.0 Å². The molecule has 3 aromatic rings. The number of imide groups is 1. The fourth-order valence-electron chi connectivity index (χ4n) is 4.68. The summed E-state index contributed by atoms with van der Waals surface area (Å²) < 4.78 is 5.07. The normalized spacial score (nSPS) is 19.8. The first-order chi connectivity index (χ1) is 16.9. The van der Waals surface area contributed by atoms with Crippen LogP contribution in [0, 0.1) is 11.3 Å². The van der Waals surface area contributed by atoms with Crippen molar-refractivity contribution in [1.29, 1.82) is 5.26 Å². The van der Waals surface area contributed by atoms with Gasteiger partial charge in [0.25, 0.3) is 5.91 Å². The topological polar surface area (TPSA) is 148 Å². The molecule has 3 N–H and O–H groups in total. The Morgan fingerprint density at radius 1 is 1.20 bits per heavy atom. The number of aromatic nitrogens is 2. The minimum absolute atomic E-state index is 0.134.